The molecule has 0 N–H and O–H groups in total. The molecule has 100 valence electrons. The fraction of sp³-hybridized carbons (Fsp3) is 0. The van der Waals surface area contributed by atoms with Crippen LogP contribution in [0.4, 0.5) is 0 Å². The van der Waals surface area contributed by atoms with Crippen molar-refractivity contribution in [3.63, 3.8) is 0 Å². The van der Waals surface area contributed by atoms with Crippen molar-refractivity contribution in [2.24, 2.45) is 0 Å². The minimum absolute atomic E-state index is 0. The standard InChI is InChI=1S/C13H5N3O2.2BrH/c14-5-7-1-3-8(4-2-7)11-10-9(12(17)16-11)6-15-13(10)18;;/h1-4,6H;2*1H. The average Bonchev–Trinajstić information content (AvgIpc) is 2.92. The number of aromatic nitrogens is 2. The maximum absolute atomic E-state index is 11.6. The van der Waals surface area contributed by atoms with Gasteiger partial charge in [-0.25, -0.2) is 9.97 Å². The van der Waals surface area contributed by atoms with Crippen molar-refractivity contribution >= 4 is 34.0 Å². The van der Waals surface area contributed by atoms with E-state index in [4.69, 9.17) is 5.26 Å². The molecule has 1 aromatic rings. The molecule has 0 saturated heterocycles. The molecule has 2 aliphatic heterocycles. The van der Waals surface area contributed by atoms with Crippen LogP contribution in [-0.2, 0) is 0 Å². The van der Waals surface area contributed by atoms with E-state index in [0.29, 0.717) is 16.8 Å². The third kappa shape index (κ3) is 2.40. The van der Waals surface area contributed by atoms with E-state index in [1.165, 1.54) is 6.20 Å². The van der Waals surface area contributed by atoms with Gasteiger partial charge in [0.1, 0.15) is 0 Å². The van der Waals surface area contributed by atoms with Crippen LogP contribution in [0.5, 0.6) is 0 Å². The number of rotatable bonds is 1. The number of benzene rings is 1. The molecule has 0 saturated carbocycles. The minimum Gasteiger partial charge on any atom is -0.267 e. The first kappa shape index (κ1) is 16.1. The zero-order chi connectivity index (χ0) is 12.7. The van der Waals surface area contributed by atoms with Crippen LogP contribution in [0.25, 0.3) is 11.3 Å². The number of hydrogen-bond acceptors (Lipinski definition) is 5. The van der Waals surface area contributed by atoms with E-state index in [2.05, 4.69) is 9.97 Å². The Balaban J connectivity index is 0.000001000. The molecule has 2 aliphatic rings. The van der Waals surface area contributed by atoms with Crippen molar-refractivity contribution in [3.8, 4) is 17.3 Å². The van der Waals surface area contributed by atoms with Gasteiger partial charge in [0.2, 0.25) is 0 Å². The first-order valence-corrected chi connectivity index (χ1v) is 5.17. The molecule has 0 aliphatic carbocycles. The van der Waals surface area contributed by atoms with Gasteiger partial charge < -0.3 is 0 Å². The second-order valence-electron chi connectivity index (χ2n) is 3.81. The highest BCUT2D eigenvalue weighted by Crippen LogP contribution is 2.17. The van der Waals surface area contributed by atoms with Gasteiger partial charge >= 0.3 is 0 Å². The molecular formula is C13H7Br2N3O2. The van der Waals surface area contributed by atoms with Crippen LogP contribution in [-0.4, -0.2) is 9.97 Å². The summed E-state index contributed by atoms with van der Waals surface area (Å²) in [4.78, 5) is 30.6. The molecule has 0 bridgehead atoms. The van der Waals surface area contributed by atoms with E-state index in [1.807, 2.05) is 6.07 Å². The van der Waals surface area contributed by atoms with Crippen LogP contribution in [0.3, 0.4) is 0 Å². The molecule has 0 unspecified atom stereocenters. The van der Waals surface area contributed by atoms with Crippen LogP contribution in [0, 0.1) is 21.8 Å². The van der Waals surface area contributed by atoms with Crippen molar-refractivity contribution in [2.75, 3.05) is 0 Å². The van der Waals surface area contributed by atoms with Gasteiger partial charge in [0.05, 0.1) is 27.8 Å². The summed E-state index contributed by atoms with van der Waals surface area (Å²) in [5.41, 5.74) is 0.581. The van der Waals surface area contributed by atoms with Gasteiger partial charge in [0.25, 0.3) is 11.1 Å². The van der Waals surface area contributed by atoms with Crippen molar-refractivity contribution in [1.82, 2.24) is 9.97 Å². The molecule has 0 fully saturated rings. The lowest BCUT2D eigenvalue weighted by Crippen LogP contribution is -2.01. The van der Waals surface area contributed by atoms with Crippen LogP contribution in [0.1, 0.15) is 5.56 Å². The highest BCUT2D eigenvalue weighted by atomic mass is 79.9. The Morgan fingerprint density at radius 2 is 1.65 bits per heavy atom. The van der Waals surface area contributed by atoms with E-state index in [1.54, 1.807) is 24.3 Å². The smallest absolute Gasteiger partial charge is 0.267 e. The molecule has 7 heteroatoms. The molecule has 2 heterocycles. The first-order valence-electron chi connectivity index (χ1n) is 5.17. The Morgan fingerprint density at radius 3 is 2.25 bits per heavy atom. The second kappa shape index (κ2) is 6.03. The maximum Gasteiger partial charge on any atom is 0.280 e. The predicted molar refractivity (Wildman–Crippen MR) is 83.0 cm³/mol. The van der Waals surface area contributed by atoms with Crippen LogP contribution in [0.15, 0.2) is 40.1 Å². The third-order valence-corrected chi connectivity index (χ3v) is 2.76. The average molecular weight is 397 g/mol. The lowest BCUT2D eigenvalue weighted by molar-refractivity contribution is 1.23. The van der Waals surface area contributed by atoms with Crippen molar-refractivity contribution < 1.29 is 0 Å². The molecule has 0 amide bonds. The summed E-state index contributed by atoms with van der Waals surface area (Å²) in [5.74, 6) is 0. The van der Waals surface area contributed by atoms with Crippen LogP contribution >= 0.6 is 34.0 Å². The van der Waals surface area contributed by atoms with Gasteiger partial charge in [-0.1, -0.05) is 12.1 Å². The Kier molecular flexibility index (Phi) is 4.87. The summed E-state index contributed by atoms with van der Waals surface area (Å²) < 4.78 is 0. The van der Waals surface area contributed by atoms with Gasteiger partial charge in [0, 0.05) is 11.8 Å². The fourth-order valence-corrected chi connectivity index (χ4v) is 1.89. The number of nitriles is 1. The molecule has 0 aromatic heterocycles. The van der Waals surface area contributed by atoms with Crippen LogP contribution in [0.2, 0.25) is 0 Å². The Morgan fingerprint density at radius 1 is 1.00 bits per heavy atom. The Bertz CT molecular complexity index is 920. The van der Waals surface area contributed by atoms with Gasteiger partial charge in [-0.3, -0.25) is 9.59 Å². The first-order chi connectivity index (χ1) is 8.70. The minimum atomic E-state index is -0.445. The summed E-state index contributed by atoms with van der Waals surface area (Å²) in [6, 6.07) is 8.54. The topological polar surface area (TPSA) is 83.7 Å². The highest BCUT2D eigenvalue weighted by molar-refractivity contribution is 8.93. The SMILES string of the molecule is Br.Br.N#Cc1ccc(-c2nc(=O)c3cnc(=O)c2=3)cc1. The Hall–Kier alpha value is -1.91. The van der Waals surface area contributed by atoms with Gasteiger partial charge in [-0.2, -0.15) is 5.26 Å². The third-order valence-electron chi connectivity index (χ3n) is 2.76. The molecule has 3 rings (SSSR count). The Labute approximate surface area is 133 Å². The van der Waals surface area contributed by atoms with Gasteiger partial charge in [-0.15, -0.1) is 34.0 Å². The molecule has 0 radical (unpaired) electrons. The molecule has 1 aromatic carbocycles. The predicted octanol–water partition coefficient (Wildman–Crippen LogP) is 1.49. The van der Waals surface area contributed by atoms with Gasteiger partial charge in [-0.05, 0) is 12.1 Å². The van der Waals surface area contributed by atoms with E-state index in [9.17, 15) is 9.59 Å². The largest absolute Gasteiger partial charge is 0.280 e. The molecule has 5 nitrogen and oxygen atoms in total. The van der Waals surface area contributed by atoms with E-state index in [-0.39, 0.29) is 44.4 Å². The number of halogens is 2. The molecular weight excluding hydrogens is 390 g/mol. The molecule has 0 atom stereocenters. The summed E-state index contributed by atoms with van der Waals surface area (Å²) in [5, 5.41) is 9.21. The number of nitrogens with zero attached hydrogens (tertiary/aromatic N) is 3. The lowest BCUT2D eigenvalue weighted by atomic mass is 10.1. The maximum atomic E-state index is 11.6. The van der Waals surface area contributed by atoms with Gasteiger partial charge in [0.15, 0.2) is 0 Å². The quantitative estimate of drug-likeness (QED) is 0.622. The van der Waals surface area contributed by atoms with E-state index in [0.717, 1.165) is 0 Å². The highest BCUT2D eigenvalue weighted by Gasteiger charge is 2.13. The summed E-state index contributed by atoms with van der Waals surface area (Å²) in [6.45, 7) is 0. The number of hydrogen-bond donors (Lipinski definition) is 0. The lowest BCUT2D eigenvalue weighted by Gasteiger charge is -1.95. The molecule has 0 spiro atoms. The zero-order valence-electron chi connectivity index (χ0n) is 9.86. The van der Waals surface area contributed by atoms with E-state index < -0.39 is 11.1 Å². The van der Waals surface area contributed by atoms with E-state index >= 15 is 0 Å². The fourth-order valence-electron chi connectivity index (χ4n) is 1.89. The van der Waals surface area contributed by atoms with Crippen molar-refractivity contribution in [2.45, 2.75) is 0 Å². The normalized spacial score (nSPS) is 9.55. The monoisotopic (exact) mass is 395 g/mol. The molecule has 20 heavy (non-hydrogen) atoms. The second-order valence-corrected chi connectivity index (χ2v) is 3.81. The summed E-state index contributed by atoms with van der Waals surface area (Å²) >= 11 is 0. The summed E-state index contributed by atoms with van der Waals surface area (Å²) in [7, 11) is 0. The van der Waals surface area contributed by atoms with Crippen LogP contribution < -0.4 is 11.1 Å². The zero-order valence-corrected chi connectivity index (χ0v) is 13.3. The van der Waals surface area contributed by atoms with Crippen molar-refractivity contribution in [1.29, 1.82) is 5.26 Å². The van der Waals surface area contributed by atoms with Crippen molar-refractivity contribution in [3.05, 3.63) is 67.2 Å². The summed E-state index contributed by atoms with van der Waals surface area (Å²) in [6.07, 6.45) is 1.25.